The Morgan fingerprint density at radius 3 is 2.93 bits per heavy atom. The maximum atomic E-state index is 9.99. The summed E-state index contributed by atoms with van der Waals surface area (Å²) in [5.74, 6) is 0. The van der Waals surface area contributed by atoms with E-state index in [9.17, 15) is 5.11 Å². The molecule has 3 atom stereocenters. The van der Waals surface area contributed by atoms with Gasteiger partial charge in [0.1, 0.15) is 0 Å². The number of fused-ring (bicyclic) bond motifs is 1. The Kier molecular flexibility index (Phi) is 3.08. The van der Waals surface area contributed by atoms with Gasteiger partial charge in [-0.25, -0.2) is 0 Å². The Bertz CT molecular complexity index is 337. The normalized spacial score (nSPS) is 26.3. The van der Waals surface area contributed by atoms with E-state index in [4.69, 9.17) is 0 Å². The van der Waals surface area contributed by atoms with Crippen LogP contribution in [0.1, 0.15) is 37.4 Å². The molecule has 0 bridgehead atoms. The van der Waals surface area contributed by atoms with E-state index < -0.39 is 0 Å². The lowest BCUT2D eigenvalue weighted by atomic mass is 10.1. The minimum Gasteiger partial charge on any atom is -0.391 e. The fourth-order valence-electron chi connectivity index (χ4n) is 2.20. The van der Waals surface area contributed by atoms with Gasteiger partial charge in [0.2, 0.25) is 0 Å². The van der Waals surface area contributed by atoms with Crippen LogP contribution in [0.4, 0.5) is 0 Å². The molecule has 1 aliphatic carbocycles. The zero-order valence-electron chi connectivity index (χ0n) is 9.40. The summed E-state index contributed by atoms with van der Waals surface area (Å²) in [6.45, 7) is 4.32. The minimum absolute atomic E-state index is 0.121. The molecule has 2 heteroatoms. The quantitative estimate of drug-likeness (QED) is 0.791. The van der Waals surface area contributed by atoms with Crippen molar-refractivity contribution in [3.8, 4) is 0 Å². The van der Waals surface area contributed by atoms with Gasteiger partial charge in [0.15, 0.2) is 0 Å². The molecule has 0 radical (unpaired) electrons. The highest BCUT2D eigenvalue weighted by atomic mass is 16.3. The summed E-state index contributed by atoms with van der Waals surface area (Å²) >= 11 is 0. The van der Waals surface area contributed by atoms with Crippen molar-refractivity contribution in [2.45, 2.75) is 44.9 Å². The third-order valence-corrected chi connectivity index (χ3v) is 3.28. The summed E-state index contributed by atoms with van der Waals surface area (Å²) in [5, 5.41) is 13.5. The second-order valence-corrected chi connectivity index (χ2v) is 4.42. The number of hydrogen-bond acceptors (Lipinski definition) is 2. The summed E-state index contributed by atoms with van der Waals surface area (Å²) in [4.78, 5) is 0. The van der Waals surface area contributed by atoms with Crippen LogP contribution < -0.4 is 5.32 Å². The van der Waals surface area contributed by atoms with Crippen molar-refractivity contribution in [3.05, 3.63) is 35.4 Å². The Hall–Kier alpha value is -0.860. The number of aliphatic hydroxyl groups is 1. The smallest absolute Gasteiger partial charge is 0.0775 e. The van der Waals surface area contributed by atoms with Crippen LogP contribution >= 0.6 is 0 Å². The highest BCUT2D eigenvalue weighted by Crippen LogP contribution is 2.31. The van der Waals surface area contributed by atoms with Crippen LogP contribution in [-0.4, -0.2) is 17.3 Å². The van der Waals surface area contributed by atoms with Gasteiger partial charge >= 0.3 is 0 Å². The maximum Gasteiger partial charge on any atom is 0.0775 e. The van der Waals surface area contributed by atoms with Gasteiger partial charge in [0, 0.05) is 12.5 Å². The lowest BCUT2D eigenvalue weighted by molar-refractivity contribution is 0.135. The average molecular weight is 205 g/mol. The summed E-state index contributed by atoms with van der Waals surface area (Å²) in [6.07, 6.45) is 1.60. The first-order valence-corrected chi connectivity index (χ1v) is 5.74. The molecule has 3 unspecified atom stereocenters. The molecule has 0 aliphatic heterocycles. The van der Waals surface area contributed by atoms with Gasteiger partial charge in [-0.2, -0.15) is 0 Å². The van der Waals surface area contributed by atoms with Crippen molar-refractivity contribution in [1.82, 2.24) is 5.32 Å². The van der Waals surface area contributed by atoms with Gasteiger partial charge in [0.25, 0.3) is 0 Å². The van der Waals surface area contributed by atoms with Gasteiger partial charge in [-0.15, -0.1) is 0 Å². The number of benzene rings is 1. The second kappa shape index (κ2) is 4.33. The van der Waals surface area contributed by atoms with Crippen molar-refractivity contribution in [3.63, 3.8) is 0 Å². The van der Waals surface area contributed by atoms with Crippen LogP contribution in [0.2, 0.25) is 0 Å². The van der Waals surface area contributed by atoms with Crippen molar-refractivity contribution < 1.29 is 5.11 Å². The van der Waals surface area contributed by atoms with Crippen LogP contribution in [0, 0.1) is 0 Å². The van der Waals surface area contributed by atoms with Gasteiger partial charge in [-0.1, -0.05) is 31.2 Å². The predicted octanol–water partition coefficient (Wildman–Crippen LogP) is 2.03. The first kappa shape index (κ1) is 10.7. The molecule has 1 aliphatic rings. The third-order valence-electron chi connectivity index (χ3n) is 3.28. The largest absolute Gasteiger partial charge is 0.391 e. The van der Waals surface area contributed by atoms with E-state index in [0.29, 0.717) is 6.04 Å². The van der Waals surface area contributed by atoms with Gasteiger partial charge in [-0.3, -0.25) is 0 Å². The molecular weight excluding hydrogens is 186 g/mol. The maximum absolute atomic E-state index is 9.99. The number of aliphatic hydroxyl groups excluding tert-OH is 1. The Morgan fingerprint density at radius 1 is 1.47 bits per heavy atom. The molecule has 2 nitrogen and oxygen atoms in total. The summed E-state index contributed by atoms with van der Waals surface area (Å²) in [6, 6.07) is 8.88. The molecule has 1 aromatic rings. The predicted molar refractivity (Wildman–Crippen MR) is 61.8 cm³/mol. The molecule has 2 rings (SSSR count). The first-order valence-electron chi connectivity index (χ1n) is 5.74. The topological polar surface area (TPSA) is 32.3 Å². The van der Waals surface area contributed by atoms with Crippen LogP contribution in [0.25, 0.3) is 0 Å². The molecule has 0 spiro atoms. The monoisotopic (exact) mass is 205 g/mol. The molecule has 0 heterocycles. The molecule has 0 aromatic heterocycles. The standard InChI is InChI=1S/C13H19NO/c1-3-9(2)14-13-11-7-5-4-6-10(11)8-12(13)15/h4-7,9,12-15H,3,8H2,1-2H3. The van der Waals surface area contributed by atoms with Crippen LogP contribution in [-0.2, 0) is 6.42 Å². The lowest BCUT2D eigenvalue weighted by Gasteiger charge is -2.22. The molecule has 0 amide bonds. The van der Waals surface area contributed by atoms with E-state index in [1.165, 1.54) is 11.1 Å². The van der Waals surface area contributed by atoms with Crippen LogP contribution in [0.15, 0.2) is 24.3 Å². The Balaban J connectivity index is 2.18. The second-order valence-electron chi connectivity index (χ2n) is 4.42. The summed E-state index contributed by atoms with van der Waals surface area (Å²) in [7, 11) is 0. The zero-order chi connectivity index (χ0) is 10.8. The van der Waals surface area contributed by atoms with Crippen molar-refractivity contribution >= 4 is 0 Å². The van der Waals surface area contributed by atoms with E-state index in [1.807, 2.05) is 12.1 Å². The van der Waals surface area contributed by atoms with Gasteiger partial charge < -0.3 is 10.4 Å². The number of rotatable bonds is 3. The molecule has 82 valence electrons. The minimum atomic E-state index is -0.267. The first-order chi connectivity index (χ1) is 7.22. The third kappa shape index (κ3) is 2.06. The fourth-order valence-corrected chi connectivity index (χ4v) is 2.20. The molecule has 0 fully saturated rings. The average Bonchev–Trinajstić information content (AvgIpc) is 2.55. The van der Waals surface area contributed by atoms with Crippen LogP contribution in [0.3, 0.4) is 0 Å². The molecule has 2 N–H and O–H groups in total. The van der Waals surface area contributed by atoms with Crippen molar-refractivity contribution in [2.24, 2.45) is 0 Å². The van der Waals surface area contributed by atoms with Crippen molar-refractivity contribution in [1.29, 1.82) is 0 Å². The highest BCUT2D eigenvalue weighted by molar-refractivity contribution is 5.36. The fraction of sp³-hybridized carbons (Fsp3) is 0.538. The van der Waals surface area contributed by atoms with E-state index in [0.717, 1.165) is 12.8 Å². The van der Waals surface area contributed by atoms with Gasteiger partial charge in [-0.05, 0) is 24.5 Å². The molecule has 0 saturated heterocycles. The molecular formula is C13H19NO. The Labute approximate surface area is 91.3 Å². The molecule has 15 heavy (non-hydrogen) atoms. The molecule has 1 aromatic carbocycles. The lowest BCUT2D eigenvalue weighted by Crippen LogP contribution is -2.34. The van der Waals surface area contributed by atoms with E-state index >= 15 is 0 Å². The van der Waals surface area contributed by atoms with Gasteiger partial charge in [0.05, 0.1) is 12.1 Å². The SMILES string of the molecule is CCC(C)NC1c2ccccc2CC1O. The highest BCUT2D eigenvalue weighted by Gasteiger charge is 2.30. The van der Waals surface area contributed by atoms with Crippen molar-refractivity contribution in [2.75, 3.05) is 0 Å². The molecule has 0 saturated carbocycles. The number of hydrogen-bond donors (Lipinski definition) is 2. The Morgan fingerprint density at radius 2 is 2.20 bits per heavy atom. The summed E-state index contributed by atoms with van der Waals surface area (Å²) in [5.41, 5.74) is 2.55. The van der Waals surface area contributed by atoms with Crippen LogP contribution in [0.5, 0.6) is 0 Å². The van der Waals surface area contributed by atoms with E-state index in [1.54, 1.807) is 0 Å². The van der Waals surface area contributed by atoms with E-state index in [2.05, 4.69) is 31.3 Å². The summed E-state index contributed by atoms with van der Waals surface area (Å²) < 4.78 is 0. The van der Waals surface area contributed by atoms with E-state index in [-0.39, 0.29) is 12.1 Å². The number of nitrogens with one attached hydrogen (secondary N) is 1. The zero-order valence-corrected chi connectivity index (χ0v) is 9.40.